The first-order valence-electron chi connectivity index (χ1n) is 11.0. The van der Waals surface area contributed by atoms with Crippen LogP contribution in [0.4, 0.5) is 10.2 Å². The van der Waals surface area contributed by atoms with Gasteiger partial charge in [-0.1, -0.05) is 18.2 Å². The number of aromatic nitrogens is 2. The Labute approximate surface area is 205 Å². The minimum atomic E-state index is -4.05. The molecule has 3 N–H and O–H groups in total. The van der Waals surface area contributed by atoms with Crippen LogP contribution in [0.3, 0.4) is 0 Å². The monoisotopic (exact) mass is 528 g/mol. The second-order valence-corrected chi connectivity index (χ2v) is 10.9. The molecular weight excluding hydrogens is 502 g/mol. The number of hydrogen-bond acceptors (Lipinski definition) is 10. The highest BCUT2D eigenvalue weighted by Crippen LogP contribution is 2.46. The lowest BCUT2D eigenvalue weighted by Gasteiger charge is -2.28. The molecule has 1 aliphatic heterocycles. The fraction of sp³-hybridized carbons (Fsp3) is 0.476. The highest BCUT2D eigenvalue weighted by atomic mass is 32.2. The van der Waals surface area contributed by atoms with Gasteiger partial charge in [-0.05, 0) is 38.3 Å². The quantitative estimate of drug-likeness (QED) is 0.347. The molecular formula is C21H26FN4O7PS. The van der Waals surface area contributed by atoms with Gasteiger partial charge in [-0.15, -0.1) is 11.8 Å². The number of rotatable bonds is 10. The zero-order chi connectivity index (χ0) is 25.0. The summed E-state index contributed by atoms with van der Waals surface area (Å²) in [5.74, 6) is -1.33. The summed E-state index contributed by atoms with van der Waals surface area (Å²) in [5.41, 5.74) is 3.91. The molecule has 4 rings (SSSR count). The van der Waals surface area contributed by atoms with Crippen LogP contribution in [0.5, 0.6) is 5.75 Å². The molecule has 0 amide bonds. The third kappa shape index (κ3) is 6.62. The number of para-hydroxylation sites is 1. The molecule has 2 aliphatic rings. The minimum absolute atomic E-state index is 0.126. The Morgan fingerprint density at radius 2 is 2.14 bits per heavy atom. The van der Waals surface area contributed by atoms with Gasteiger partial charge in [0.05, 0.1) is 12.8 Å². The van der Waals surface area contributed by atoms with Crippen molar-refractivity contribution in [2.24, 2.45) is 0 Å². The molecule has 1 aliphatic carbocycles. The van der Waals surface area contributed by atoms with E-state index in [9.17, 15) is 18.5 Å². The van der Waals surface area contributed by atoms with Gasteiger partial charge in [0.2, 0.25) is 0 Å². The second kappa shape index (κ2) is 11.1. The van der Waals surface area contributed by atoms with Crippen LogP contribution < -0.4 is 21.0 Å². The lowest BCUT2D eigenvalue weighted by atomic mass is 9.96. The number of ether oxygens (including phenoxy) is 2. The number of carbonyl (C=O) groups excluding carboxylic acids is 1. The van der Waals surface area contributed by atoms with E-state index in [1.165, 1.54) is 18.7 Å². The van der Waals surface area contributed by atoms with E-state index in [1.807, 2.05) is 0 Å². The number of halogens is 1. The summed E-state index contributed by atoms with van der Waals surface area (Å²) < 4.78 is 50.7. The topological polar surface area (TPSA) is 144 Å². The first-order valence-corrected chi connectivity index (χ1v) is 13.6. The predicted molar refractivity (Wildman–Crippen MR) is 126 cm³/mol. The Kier molecular flexibility index (Phi) is 8.12. The number of nitrogens with zero attached hydrogens (tertiary/aromatic N) is 2. The van der Waals surface area contributed by atoms with E-state index in [1.54, 1.807) is 30.3 Å². The summed E-state index contributed by atoms with van der Waals surface area (Å²) in [6.07, 6.45) is 2.60. The molecule has 0 radical (unpaired) electrons. The zero-order valence-corrected chi connectivity index (χ0v) is 20.6. The van der Waals surface area contributed by atoms with E-state index in [2.05, 4.69) is 10.1 Å². The minimum Gasteiger partial charge on any atom is -0.461 e. The van der Waals surface area contributed by atoms with E-state index in [-0.39, 0.29) is 18.5 Å². The molecule has 2 heterocycles. The van der Waals surface area contributed by atoms with Crippen molar-refractivity contribution < 1.29 is 32.3 Å². The fourth-order valence-corrected chi connectivity index (χ4v) is 5.84. The van der Waals surface area contributed by atoms with E-state index in [4.69, 9.17) is 24.3 Å². The first kappa shape index (κ1) is 25.6. The van der Waals surface area contributed by atoms with Crippen molar-refractivity contribution in [1.29, 1.82) is 0 Å². The highest BCUT2D eigenvalue weighted by Gasteiger charge is 2.36. The van der Waals surface area contributed by atoms with Crippen molar-refractivity contribution in [3.05, 3.63) is 52.8 Å². The Morgan fingerprint density at radius 3 is 2.83 bits per heavy atom. The zero-order valence-electron chi connectivity index (χ0n) is 18.9. The van der Waals surface area contributed by atoms with Crippen LogP contribution in [0.1, 0.15) is 32.4 Å². The van der Waals surface area contributed by atoms with Crippen LogP contribution in [-0.2, 0) is 23.4 Å². The Balaban J connectivity index is 1.40. The lowest BCUT2D eigenvalue weighted by Crippen LogP contribution is -2.38. The smallest absolute Gasteiger partial charge is 0.459 e. The molecule has 35 heavy (non-hydrogen) atoms. The number of nitrogen functional groups attached to an aromatic ring is 1. The molecule has 1 saturated heterocycles. The maximum absolute atomic E-state index is 13.8. The predicted octanol–water partition coefficient (Wildman–Crippen LogP) is 2.83. The summed E-state index contributed by atoms with van der Waals surface area (Å²) in [7, 11) is -4.05. The third-order valence-electron chi connectivity index (χ3n) is 5.37. The largest absolute Gasteiger partial charge is 0.461 e. The van der Waals surface area contributed by atoms with Crippen LogP contribution in [0, 0.1) is 5.82 Å². The van der Waals surface area contributed by atoms with Crippen LogP contribution in [0.2, 0.25) is 0 Å². The summed E-state index contributed by atoms with van der Waals surface area (Å²) in [5, 5.41) is 2.63. The van der Waals surface area contributed by atoms with E-state index >= 15 is 0 Å². The molecule has 0 bridgehead atoms. The van der Waals surface area contributed by atoms with Gasteiger partial charge in [0, 0.05) is 5.75 Å². The Hall–Kier alpha value is -2.44. The van der Waals surface area contributed by atoms with E-state index < -0.39 is 48.7 Å². The van der Waals surface area contributed by atoms with Crippen LogP contribution >= 0.6 is 19.5 Å². The van der Waals surface area contributed by atoms with Crippen LogP contribution in [-0.4, -0.2) is 45.5 Å². The third-order valence-corrected chi connectivity index (χ3v) is 8.11. The van der Waals surface area contributed by atoms with Crippen molar-refractivity contribution in [3.8, 4) is 5.75 Å². The van der Waals surface area contributed by atoms with Gasteiger partial charge >= 0.3 is 19.4 Å². The highest BCUT2D eigenvalue weighted by molar-refractivity contribution is 8.00. The SMILES string of the molecule is C[C@H](N[P@](=O)(OC[C@@H]1O[C@H](n2cc(F)c(N)nc2=O)CS1)Oc1ccccc1)C(=O)OC1CCC1. The van der Waals surface area contributed by atoms with Gasteiger partial charge < -0.3 is 19.7 Å². The van der Waals surface area contributed by atoms with Gasteiger partial charge in [0.1, 0.15) is 29.6 Å². The van der Waals surface area contributed by atoms with E-state index in [0.717, 1.165) is 30.0 Å². The van der Waals surface area contributed by atoms with Gasteiger partial charge in [-0.25, -0.2) is 13.8 Å². The maximum Gasteiger partial charge on any atom is 0.459 e. The summed E-state index contributed by atoms with van der Waals surface area (Å²) in [4.78, 5) is 27.9. The Bertz CT molecular complexity index is 1150. The summed E-state index contributed by atoms with van der Waals surface area (Å²) in [6.45, 7) is 1.31. The molecule has 0 unspecified atom stereocenters. The van der Waals surface area contributed by atoms with Crippen molar-refractivity contribution in [3.63, 3.8) is 0 Å². The number of nitrogens with one attached hydrogen (secondary N) is 1. The molecule has 0 spiro atoms. The summed E-state index contributed by atoms with van der Waals surface area (Å²) >= 11 is 1.27. The molecule has 14 heteroatoms. The molecule has 1 aromatic carbocycles. The summed E-state index contributed by atoms with van der Waals surface area (Å²) in [6, 6.07) is 7.40. The Morgan fingerprint density at radius 1 is 1.40 bits per heavy atom. The average Bonchev–Trinajstić information content (AvgIpc) is 3.26. The molecule has 2 fully saturated rings. The fourth-order valence-electron chi connectivity index (χ4n) is 3.25. The standard InChI is InChI=1S/C21H26FN4O7PS/c1-13(20(27)31-14-8-5-9-14)25-34(29,33-15-6-3-2-4-7-15)30-11-18-32-17(12-35-18)26-10-16(22)19(23)24-21(26)28/h2-4,6-7,10,13-14,17-18H,5,8-9,11-12H2,1H3,(H,25,29)(H2,23,24,28)/t13-,17-,18+,34-/m0/s1. The van der Waals surface area contributed by atoms with Gasteiger partial charge in [-0.2, -0.15) is 10.1 Å². The molecule has 190 valence electrons. The van der Waals surface area contributed by atoms with E-state index in [0.29, 0.717) is 5.75 Å². The number of anilines is 1. The normalized spacial score (nSPS) is 22.7. The van der Waals surface area contributed by atoms with Crippen molar-refractivity contribution in [2.75, 3.05) is 18.1 Å². The number of benzene rings is 1. The van der Waals surface area contributed by atoms with Crippen molar-refractivity contribution >= 4 is 31.3 Å². The van der Waals surface area contributed by atoms with Gasteiger partial charge in [0.15, 0.2) is 11.6 Å². The average molecular weight is 528 g/mol. The molecule has 1 saturated carbocycles. The van der Waals surface area contributed by atoms with Gasteiger partial charge in [-0.3, -0.25) is 13.9 Å². The number of nitrogens with two attached hydrogens (primary N) is 1. The van der Waals surface area contributed by atoms with Crippen LogP contribution in [0.15, 0.2) is 41.3 Å². The number of carbonyl (C=O) groups is 1. The molecule has 4 atom stereocenters. The first-order chi connectivity index (χ1) is 16.7. The maximum atomic E-state index is 13.8. The molecule has 11 nitrogen and oxygen atoms in total. The number of thioether (sulfide) groups is 1. The second-order valence-electron chi connectivity index (χ2n) is 8.06. The van der Waals surface area contributed by atoms with Gasteiger partial charge in [0.25, 0.3) is 0 Å². The van der Waals surface area contributed by atoms with Crippen LogP contribution in [0.25, 0.3) is 0 Å². The molecule has 1 aromatic heterocycles. The number of esters is 1. The van der Waals surface area contributed by atoms with Crippen molar-refractivity contribution in [1.82, 2.24) is 14.6 Å². The lowest BCUT2D eigenvalue weighted by molar-refractivity contribution is -0.154. The van der Waals surface area contributed by atoms with Crippen molar-refractivity contribution in [2.45, 2.75) is 50.0 Å². The number of hydrogen-bond donors (Lipinski definition) is 2. The molecule has 2 aromatic rings.